The first-order valence-corrected chi connectivity index (χ1v) is 4.24. The molecule has 1 aromatic carbocycles. The van der Waals surface area contributed by atoms with E-state index in [1.807, 2.05) is 0 Å². The fourth-order valence-electron chi connectivity index (χ4n) is 1.09. The standard InChI is InChI=1S/C9H7F4NO3/c10-6-3-4(17-9(11,12)13)1-2-5(6)7(14)8(15)16/h1-3,7H,14H2,(H,15,16)/t7-/m0/s1. The molecule has 94 valence electrons. The minimum Gasteiger partial charge on any atom is -0.480 e. The number of alkyl halides is 3. The molecule has 1 atom stereocenters. The zero-order valence-corrected chi connectivity index (χ0v) is 8.16. The predicted octanol–water partition coefficient (Wildman–Crippen LogP) is 1.81. The van der Waals surface area contributed by atoms with Crippen LogP contribution in [0.4, 0.5) is 17.6 Å². The first-order valence-electron chi connectivity index (χ1n) is 4.24. The Labute approximate surface area is 92.6 Å². The third-order valence-corrected chi connectivity index (χ3v) is 1.81. The Morgan fingerprint density at radius 2 is 2.00 bits per heavy atom. The molecule has 0 bridgehead atoms. The lowest BCUT2D eigenvalue weighted by atomic mass is 10.1. The van der Waals surface area contributed by atoms with E-state index < -0.39 is 35.5 Å². The highest BCUT2D eigenvalue weighted by Gasteiger charge is 2.31. The minimum absolute atomic E-state index is 0.422. The highest BCUT2D eigenvalue weighted by atomic mass is 19.4. The number of ether oxygens (including phenoxy) is 1. The van der Waals surface area contributed by atoms with Crippen molar-refractivity contribution in [3.8, 4) is 5.75 Å². The predicted molar refractivity (Wildman–Crippen MR) is 47.6 cm³/mol. The van der Waals surface area contributed by atoms with Crippen LogP contribution in [0.3, 0.4) is 0 Å². The molecule has 4 nitrogen and oxygen atoms in total. The van der Waals surface area contributed by atoms with Crippen LogP contribution in [-0.4, -0.2) is 17.4 Å². The highest BCUT2D eigenvalue weighted by Crippen LogP contribution is 2.26. The number of hydrogen-bond donors (Lipinski definition) is 2. The maximum atomic E-state index is 13.2. The molecule has 8 heteroatoms. The summed E-state index contributed by atoms with van der Waals surface area (Å²) in [6.45, 7) is 0. The van der Waals surface area contributed by atoms with E-state index in [2.05, 4.69) is 4.74 Å². The monoisotopic (exact) mass is 253 g/mol. The SMILES string of the molecule is N[C@H](C(=O)O)c1ccc(OC(F)(F)F)cc1F. The molecule has 0 aliphatic heterocycles. The van der Waals surface area contributed by atoms with Crippen LogP contribution in [0, 0.1) is 5.82 Å². The van der Waals surface area contributed by atoms with Gasteiger partial charge in [-0.2, -0.15) is 0 Å². The van der Waals surface area contributed by atoms with Gasteiger partial charge in [-0.25, -0.2) is 4.39 Å². The van der Waals surface area contributed by atoms with Crippen molar-refractivity contribution in [1.82, 2.24) is 0 Å². The van der Waals surface area contributed by atoms with Gasteiger partial charge in [0.2, 0.25) is 0 Å². The quantitative estimate of drug-likeness (QED) is 0.806. The number of nitrogens with two attached hydrogens (primary N) is 1. The number of carboxylic acid groups (broad SMARTS) is 1. The molecule has 1 rings (SSSR count). The van der Waals surface area contributed by atoms with Gasteiger partial charge >= 0.3 is 12.3 Å². The summed E-state index contributed by atoms with van der Waals surface area (Å²) in [5.74, 6) is -3.45. The Bertz CT molecular complexity index is 433. The Hall–Kier alpha value is -1.83. The fourth-order valence-corrected chi connectivity index (χ4v) is 1.09. The zero-order valence-electron chi connectivity index (χ0n) is 8.16. The second kappa shape index (κ2) is 4.58. The third-order valence-electron chi connectivity index (χ3n) is 1.81. The molecule has 0 amide bonds. The second-order valence-electron chi connectivity index (χ2n) is 3.05. The van der Waals surface area contributed by atoms with E-state index in [0.29, 0.717) is 6.07 Å². The fraction of sp³-hybridized carbons (Fsp3) is 0.222. The molecule has 1 aromatic rings. The molecule has 0 saturated heterocycles. The van der Waals surface area contributed by atoms with Gasteiger partial charge in [0.25, 0.3) is 0 Å². The smallest absolute Gasteiger partial charge is 0.480 e. The van der Waals surface area contributed by atoms with Gasteiger partial charge in [0.15, 0.2) is 0 Å². The lowest BCUT2D eigenvalue weighted by Crippen LogP contribution is -2.22. The molecule has 0 spiro atoms. The van der Waals surface area contributed by atoms with Crippen LogP contribution >= 0.6 is 0 Å². The molecular formula is C9H7F4NO3. The van der Waals surface area contributed by atoms with Crippen LogP contribution < -0.4 is 10.5 Å². The summed E-state index contributed by atoms with van der Waals surface area (Å²) >= 11 is 0. The summed E-state index contributed by atoms with van der Waals surface area (Å²) in [7, 11) is 0. The molecular weight excluding hydrogens is 246 g/mol. The van der Waals surface area contributed by atoms with Gasteiger partial charge in [0.1, 0.15) is 17.6 Å². The van der Waals surface area contributed by atoms with Crippen molar-refractivity contribution in [2.75, 3.05) is 0 Å². The van der Waals surface area contributed by atoms with Crippen molar-refractivity contribution >= 4 is 5.97 Å². The van der Waals surface area contributed by atoms with Crippen LogP contribution in [0.1, 0.15) is 11.6 Å². The van der Waals surface area contributed by atoms with Crippen molar-refractivity contribution in [1.29, 1.82) is 0 Å². The van der Waals surface area contributed by atoms with Crippen molar-refractivity contribution in [2.45, 2.75) is 12.4 Å². The normalized spacial score (nSPS) is 13.2. The van der Waals surface area contributed by atoms with Crippen LogP contribution in [0.25, 0.3) is 0 Å². The van der Waals surface area contributed by atoms with Gasteiger partial charge in [0, 0.05) is 11.6 Å². The largest absolute Gasteiger partial charge is 0.573 e. The Morgan fingerprint density at radius 3 is 2.41 bits per heavy atom. The number of rotatable bonds is 3. The lowest BCUT2D eigenvalue weighted by molar-refractivity contribution is -0.274. The average Bonchev–Trinajstić information content (AvgIpc) is 2.14. The molecule has 0 aliphatic carbocycles. The molecule has 0 fully saturated rings. The molecule has 0 aromatic heterocycles. The van der Waals surface area contributed by atoms with E-state index in [-0.39, 0.29) is 0 Å². The number of carbonyl (C=O) groups is 1. The van der Waals surface area contributed by atoms with Gasteiger partial charge < -0.3 is 15.6 Å². The Balaban J connectivity index is 2.98. The highest BCUT2D eigenvalue weighted by molar-refractivity contribution is 5.75. The second-order valence-corrected chi connectivity index (χ2v) is 3.05. The van der Waals surface area contributed by atoms with Crippen molar-refractivity contribution in [3.63, 3.8) is 0 Å². The van der Waals surface area contributed by atoms with Crippen molar-refractivity contribution in [3.05, 3.63) is 29.6 Å². The van der Waals surface area contributed by atoms with Crippen LogP contribution in [0.2, 0.25) is 0 Å². The van der Waals surface area contributed by atoms with E-state index in [4.69, 9.17) is 10.8 Å². The summed E-state index contributed by atoms with van der Waals surface area (Å²) in [4.78, 5) is 10.5. The topological polar surface area (TPSA) is 72.6 Å². The first-order chi connectivity index (χ1) is 7.70. The molecule has 0 heterocycles. The maximum Gasteiger partial charge on any atom is 0.573 e. The van der Waals surface area contributed by atoms with E-state index in [0.717, 1.165) is 12.1 Å². The maximum absolute atomic E-state index is 13.2. The van der Waals surface area contributed by atoms with E-state index in [1.165, 1.54) is 0 Å². The van der Waals surface area contributed by atoms with E-state index in [1.54, 1.807) is 0 Å². The summed E-state index contributed by atoms with van der Waals surface area (Å²) in [5.41, 5.74) is 4.69. The average molecular weight is 253 g/mol. The van der Waals surface area contributed by atoms with Gasteiger partial charge in [-0.15, -0.1) is 13.2 Å². The summed E-state index contributed by atoms with van der Waals surface area (Å²) < 4.78 is 52.1. The summed E-state index contributed by atoms with van der Waals surface area (Å²) in [6, 6.07) is 0.394. The van der Waals surface area contributed by atoms with Gasteiger partial charge in [-0.05, 0) is 6.07 Å². The minimum atomic E-state index is -4.94. The number of benzene rings is 1. The molecule has 3 N–H and O–H groups in total. The van der Waals surface area contributed by atoms with Gasteiger partial charge in [-0.1, -0.05) is 6.07 Å². The van der Waals surface area contributed by atoms with Crippen LogP contribution in [-0.2, 0) is 4.79 Å². The van der Waals surface area contributed by atoms with Crippen molar-refractivity contribution < 1.29 is 32.2 Å². The number of halogens is 4. The zero-order chi connectivity index (χ0) is 13.2. The molecule has 17 heavy (non-hydrogen) atoms. The molecule has 0 unspecified atom stereocenters. The molecule has 0 aliphatic rings. The number of hydrogen-bond acceptors (Lipinski definition) is 3. The number of carboxylic acids is 1. The summed E-state index contributed by atoms with van der Waals surface area (Å²) in [5, 5.41) is 8.51. The summed E-state index contributed by atoms with van der Waals surface area (Å²) in [6.07, 6.45) is -4.94. The molecule has 0 saturated carbocycles. The lowest BCUT2D eigenvalue weighted by Gasteiger charge is -2.11. The van der Waals surface area contributed by atoms with Crippen LogP contribution in [0.5, 0.6) is 5.75 Å². The van der Waals surface area contributed by atoms with Crippen LogP contribution in [0.15, 0.2) is 18.2 Å². The molecule has 0 radical (unpaired) electrons. The van der Waals surface area contributed by atoms with E-state index in [9.17, 15) is 22.4 Å². The Kier molecular flexibility index (Phi) is 3.56. The van der Waals surface area contributed by atoms with Gasteiger partial charge in [-0.3, -0.25) is 4.79 Å². The third kappa shape index (κ3) is 3.59. The Morgan fingerprint density at radius 1 is 1.41 bits per heavy atom. The van der Waals surface area contributed by atoms with E-state index >= 15 is 0 Å². The first kappa shape index (κ1) is 13.2. The van der Waals surface area contributed by atoms with Gasteiger partial charge in [0.05, 0.1) is 0 Å². The van der Waals surface area contributed by atoms with Crippen molar-refractivity contribution in [2.24, 2.45) is 5.73 Å². The number of aliphatic carboxylic acids is 1.